The van der Waals surface area contributed by atoms with E-state index in [-0.39, 0.29) is 5.15 Å². The van der Waals surface area contributed by atoms with E-state index in [1.165, 1.54) is 0 Å². The van der Waals surface area contributed by atoms with E-state index in [0.29, 0.717) is 0 Å². The van der Waals surface area contributed by atoms with Crippen molar-refractivity contribution in [2.24, 2.45) is 0 Å². The van der Waals surface area contributed by atoms with Crippen molar-refractivity contribution < 1.29 is 13.2 Å². The maximum atomic E-state index is 12.5. The van der Waals surface area contributed by atoms with E-state index in [2.05, 4.69) is 4.98 Å². The lowest BCUT2D eigenvalue weighted by Crippen LogP contribution is -2.01. The molecule has 1 rings (SSSR count). The molecule has 2 nitrogen and oxygen atoms in total. The fourth-order valence-corrected chi connectivity index (χ4v) is 0.884. The number of aromatic nitrogens is 1. The van der Waals surface area contributed by atoms with Crippen LogP contribution in [-0.2, 0) is 0 Å². The van der Waals surface area contributed by atoms with Gasteiger partial charge in [-0.25, -0.2) is 13.8 Å². The third-order valence-corrected chi connectivity index (χ3v) is 1.44. The molecule has 0 saturated carbocycles. The Morgan fingerprint density at radius 1 is 1.50 bits per heavy atom. The molecular formula is C6H4ClF3N2. The van der Waals surface area contributed by atoms with Crippen molar-refractivity contribution in [3.8, 4) is 0 Å². The summed E-state index contributed by atoms with van der Waals surface area (Å²) in [7, 11) is 0. The zero-order valence-electron chi connectivity index (χ0n) is 5.69. The Bertz CT molecular complexity index is 303. The molecule has 0 amide bonds. The van der Waals surface area contributed by atoms with E-state index in [1.807, 2.05) is 0 Å². The summed E-state index contributed by atoms with van der Waals surface area (Å²) >= 11 is 5.23. The van der Waals surface area contributed by atoms with E-state index in [1.54, 1.807) is 0 Å². The standard InChI is InChI=1S/C6H4ClF3N2/c7-3-1-2(5(8)9)4(11)6(10)12-3/h1,5H,11H2. The Morgan fingerprint density at radius 2 is 2.08 bits per heavy atom. The molecule has 12 heavy (non-hydrogen) atoms. The highest BCUT2D eigenvalue weighted by Crippen LogP contribution is 2.28. The van der Waals surface area contributed by atoms with Crippen LogP contribution in [0.1, 0.15) is 12.0 Å². The Hall–Kier alpha value is -0.970. The van der Waals surface area contributed by atoms with Gasteiger partial charge >= 0.3 is 0 Å². The van der Waals surface area contributed by atoms with Crippen molar-refractivity contribution in [3.63, 3.8) is 0 Å². The van der Waals surface area contributed by atoms with E-state index in [4.69, 9.17) is 17.3 Å². The van der Waals surface area contributed by atoms with Crippen LogP contribution >= 0.6 is 11.6 Å². The highest BCUT2D eigenvalue weighted by atomic mass is 35.5. The van der Waals surface area contributed by atoms with Crippen molar-refractivity contribution in [2.45, 2.75) is 6.43 Å². The number of nitrogen functional groups attached to an aromatic ring is 1. The summed E-state index contributed by atoms with van der Waals surface area (Å²) in [4.78, 5) is 3.06. The summed E-state index contributed by atoms with van der Waals surface area (Å²) < 4.78 is 36.7. The van der Waals surface area contributed by atoms with E-state index in [0.717, 1.165) is 6.07 Å². The molecule has 0 aromatic carbocycles. The van der Waals surface area contributed by atoms with Crippen LogP contribution in [0.2, 0.25) is 5.15 Å². The van der Waals surface area contributed by atoms with Gasteiger partial charge in [0.25, 0.3) is 6.43 Å². The number of halogens is 4. The summed E-state index contributed by atoms with van der Waals surface area (Å²) in [6.45, 7) is 0. The predicted octanol–water partition coefficient (Wildman–Crippen LogP) is 2.39. The number of alkyl halides is 2. The largest absolute Gasteiger partial charge is 0.395 e. The molecule has 0 atom stereocenters. The molecule has 0 spiro atoms. The molecule has 0 unspecified atom stereocenters. The number of rotatable bonds is 1. The average Bonchev–Trinajstić information content (AvgIpc) is 1.96. The highest BCUT2D eigenvalue weighted by Gasteiger charge is 2.16. The van der Waals surface area contributed by atoms with Crippen molar-refractivity contribution in [2.75, 3.05) is 5.73 Å². The van der Waals surface area contributed by atoms with Crippen LogP contribution in [0.3, 0.4) is 0 Å². The third-order valence-electron chi connectivity index (χ3n) is 1.25. The molecule has 0 aliphatic heterocycles. The Kier molecular flexibility index (Phi) is 2.42. The van der Waals surface area contributed by atoms with Crippen LogP contribution in [-0.4, -0.2) is 4.98 Å². The normalized spacial score (nSPS) is 10.8. The first-order valence-corrected chi connectivity index (χ1v) is 3.29. The first-order chi connectivity index (χ1) is 5.52. The number of anilines is 1. The predicted molar refractivity (Wildman–Crippen MR) is 38.6 cm³/mol. The minimum absolute atomic E-state index is 0.336. The molecule has 1 aromatic rings. The molecule has 1 heterocycles. The Labute approximate surface area is 71.2 Å². The second kappa shape index (κ2) is 3.18. The van der Waals surface area contributed by atoms with Gasteiger partial charge in [0, 0.05) is 5.56 Å². The van der Waals surface area contributed by atoms with Crippen LogP contribution in [0.4, 0.5) is 18.9 Å². The van der Waals surface area contributed by atoms with E-state index >= 15 is 0 Å². The minimum atomic E-state index is -2.85. The van der Waals surface area contributed by atoms with Gasteiger partial charge in [-0.1, -0.05) is 11.6 Å². The van der Waals surface area contributed by atoms with Crippen LogP contribution < -0.4 is 5.73 Å². The van der Waals surface area contributed by atoms with Crippen molar-refractivity contribution in [1.29, 1.82) is 0 Å². The molecule has 6 heteroatoms. The topological polar surface area (TPSA) is 38.9 Å². The van der Waals surface area contributed by atoms with Gasteiger partial charge in [0.1, 0.15) is 5.15 Å². The van der Waals surface area contributed by atoms with Gasteiger partial charge in [-0.15, -0.1) is 0 Å². The lowest BCUT2D eigenvalue weighted by atomic mass is 10.2. The lowest BCUT2D eigenvalue weighted by Gasteiger charge is -2.04. The second-order valence-corrected chi connectivity index (χ2v) is 2.43. The molecule has 0 saturated heterocycles. The Morgan fingerprint density at radius 3 is 2.58 bits per heavy atom. The van der Waals surface area contributed by atoms with Gasteiger partial charge in [-0.05, 0) is 6.07 Å². The van der Waals surface area contributed by atoms with Crippen molar-refractivity contribution >= 4 is 17.3 Å². The number of pyridine rings is 1. The van der Waals surface area contributed by atoms with Gasteiger partial charge in [0.05, 0.1) is 5.69 Å². The SMILES string of the molecule is Nc1c(C(F)F)cc(Cl)nc1F. The van der Waals surface area contributed by atoms with Gasteiger partial charge in [0.2, 0.25) is 5.95 Å². The first kappa shape index (κ1) is 9.12. The van der Waals surface area contributed by atoms with Gasteiger partial charge < -0.3 is 5.73 Å². The summed E-state index contributed by atoms with van der Waals surface area (Å²) in [6.07, 6.45) is -2.85. The molecule has 2 N–H and O–H groups in total. The smallest absolute Gasteiger partial charge is 0.266 e. The molecular weight excluding hydrogens is 193 g/mol. The van der Waals surface area contributed by atoms with E-state index < -0.39 is 23.6 Å². The van der Waals surface area contributed by atoms with Crippen molar-refractivity contribution in [1.82, 2.24) is 4.98 Å². The lowest BCUT2D eigenvalue weighted by molar-refractivity contribution is 0.151. The fraction of sp³-hybridized carbons (Fsp3) is 0.167. The molecule has 0 bridgehead atoms. The van der Waals surface area contributed by atoms with Crippen LogP contribution in [0.15, 0.2) is 6.07 Å². The Balaban J connectivity index is 3.28. The maximum absolute atomic E-state index is 12.5. The number of hydrogen-bond donors (Lipinski definition) is 1. The number of nitrogens with zero attached hydrogens (tertiary/aromatic N) is 1. The summed E-state index contributed by atoms with van der Waals surface area (Å²) in [5.74, 6) is -1.17. The minimum Gasteiger partial charge on any atom is -0.395 e. The molecule has 0 aliphatic rings. The van der Waals surface area contributed by atoms with E-state index in [9.17, 15) is 13.2 Å². The maximum Gasteiger partial charge on any atom is 0.266 e. The second-order valence-electron chi connectivity index (χ2n) is 2.04. The monoisotopic (exact) mass is 196 g/mol. The van der Waals surface area contributed by atoms with Crippen LogP contribution in [0, 0.1) is 5.95 Å². The summed E-state index contributed by atoms with van der Waals surface area (Å²) in [6, 6.07) is 0.838. The quantitative estimate of drug-likeness (QED) is 0.701. The third kappa shape index (κ3) is 1.61. The molecule has 66 valence electrons. The van der Waals surface area contributed by atoms with Crippen LogP contribution in [0.25, 0.3) is 0 Å². The molecule has 0 fully saturated rings. The number of nitrogens with two attached hydrogens (primary N) is 1. The van der Waals surface area contributed by atoms with Gasteiger partial charge in [0.15, 0.2) is 0 Å². The number of hydrogen-bond acceptors (Lipinski definition) is 2. The zero-order valence-corrected chi connectivity index (χ0v) is 6.45. The fourth-order valence-electron chi connectivity index (χ4n) is 0.692. The first-order valence-electron chi connectivity index (χ1n) is 2.92. The van der Waals surface area contributed by atoms with Gasteiger partial charge in [-0.2, -0.15) is 4.39 Å². The molecule has 0 aliphatic carbocycles. The highest BCUT2D eigenvalue weighted by molar-refractivity contribution is 6.29. The average molecular weight is 197 g/mol. The summed E-state index contributed by atoms with van der Waals surface area (Å²) in [5, 5.41) is -0.336. The summed E-state index contributed by atoms with van der Waals surface area (Å²) in [5.41, 5.74) is 3.69. The zero-order chi connectivity index (χ0) is 9.30. The van der Waals surface area contributed by atoms with Crippen molar-refractivity contribution in [3.05, 3.63) is 22.7 Å². The molecule has 1 aromatic heterocycles. The molecule has 0 radical (unpaired) electrons. The van der Waals surface area contributed by atoms with Crippen LogP contribution in [0.5, 0.6) is 0 Å². The van der Waals surface area contributed by atoms with Gasteiger partial charge in [-0.3, -0.25) is 0 Å².